The van der Waals surface area contributed by atoms with Gasteiger partial charge in [-0.05, 0) is 35.9 Å². The van der Waals surface area contributed by atoms with E-state index in [1.165, 1.54) is 6.07 Å². The summed E-state index contributed by atoms with van der Waals surface area (Å²) in [7, 11) is 5.22. The van der Waals surface area contributed by atoms with Crippen LogP contribution in [0.1, 0.15) is 15.9 Å². The second kappa shape index (κ2) is 7.50. The first-order chi connectivity index (χ1) is 11.4. The number of nitrogens with one attached hydrogen (secondary N) is 1. The fourth-order valence-corrected chi connectivity index (χ4v) is 2.22. The molecule has 0 fully saturated rings. The molecule has 6 nitrogen and oxygen atoms in total. The van der Waals surface area contributed by atoms with Crippen molar-refractivity contribution in [2.75, 3.05) is 31.4 Å². The molecule has 2 aromatic carbocycles. The molecule has 2 N–H and O–H groups in total. The topological polar surface area (TPSA) is 78.9 Å². The van der Waals surface area contributed by atoms with E-state index in [0.717, 1.165) is 11.3 Å². The highest BCUT2D eigenvalue weighted by molar-refractivity contribution is 6.01. The number of benzene rings is 2. The molecule has 24 heavy (non-hydrogen) atoms. The zero-order valence-electron chi connectivity index (χ0n) is 13.9. The number of anilines is 2. The Morgan fingerprint density at radius 2 is 1.79 bits per heavy atom. The number of ether oxygens (including phenoxy) is 1. The second-order valence-corrected chi connectivity index (χ2v) is 5.50. The number of aromatic carboxylic acids is 1. The van der Waals surface area contributed by atoms with Gasteiger partial charge in [0.25, 0.3) is 0 Å². The van der Waals surface area contributed by atoms with Crippen molar-refractivity contribution in [3.63, 3.8) is 0 Å². The molecule has 0 saturated heterocycles. The van der Waals surface area contributed by atoms with Crippen molar-refractivity contribution < 1.29 is 19.4 Å². The monoisotopic (exact) mass is 328 g/mol. The van der Waals surface area contributed by atoms with Crippen LogP contribution in [0.15, 0.2) is 42.5 Å². The molecule has 0 spiro atoms. The normalized spacial score (nSPS) is 10.1. The van der Waals surface area contributed by atoms with Crippen LogP contribution < -0.4 is 15.0 Å². The fraction of sp³-hybridized carbons (Fsp3) is 0.222. The van der Waals surface area contributed by atoms with Crippen molar-refractivity contribution in [3.05, 3.63) is 53.6 Å². The van der Waals surface area contributed by atoms with Gasteiger partial charge in [-0.25, -0.2) is 4.79 Å². The van der Waals surface area contributed by atoms with Crippen LogP contribution in [-0.2, 0) is 11.2 Å². The van der Waals surface area contributed by atoms with Crippen molar-refractivity contribution in [2.45, 2.75) is 6.42 Å². The van der Waals surface area contributed by atoms with Crippen LogP contribution in [0.25, 0.3) is 0 Å². The van der Waals surface area contributed by atoms with Gasteiger partial charge in [-0.2, -0.15) is 0 Å². The maximum Gasteiger partial charge on any atom is 0.337 e. The van der Waals surface area contributed by atoms with Crippen LogP contribution in [0, 0.1) is 0 Å². The van der Waals surface area contributed by atoms with Crippen LogP contribution in [0.3, 0.4) is 0 Å². The predicted molar refractivity (Wildman–Crippen MR) is 93.1 cm³/mol. The van der Waals surface area contributed by atoms with Crippen LogP contribution in [-0.4, -0.2) is 38.2 Å². The Labute approximate surface area is 140 Å². The minimum atomic E-state index is -1.08. The van der Waals surface area contributed by atoms with Crippen LogP contribution in [0.5, 0.6) is 5.75 Å². The van der Waals surface area contributed by atoms with Gasteiger partial charge in [0.15, 0.2) is 0 Å². The van der Waals surface area contributed by atoms with E-state index in [0.29, 0.717) is 5.75 Å². The van der Waals surface area contributed by atoms with E-state index >= 15 is 0 Å². The Balaban J connectivity index is 2.14. The Morgan fingerprint density at radius 1 is 1.12 bits per heavy atom. The summed E-state index contributed by atoms with van der Waals surface area (Å²) in [6.07, 6.45) is 0.151. The van der Waals surface area contributed by atoms with Gasteiger partial charge in [0.1, 0.15) is 5.75 Å². The molecular weight excluding hydrogens is 308 g/mol. The van der Waals surface area contributed by atoms with Gasteiger partial charge < -0.3 is 20.1 Å². The van der Waals surface area contributed by atoms with E-state index in [2.05, 4.69) is 5.32 Å². The zero-order valence-corrected chi connectivity index (χ0v) is 13.9. The minimum absolute atomic E-state index is 0.0595. The van der Waals surface area contributed by atoms with Gasteiger partial charge in [0, 0.05) is 19.8 Å². The lowest BCUT2D eigenvalue weighted by atomic mass is 10.1. The predicted octanol–water partition coefficient (Wildman–Crippen LogP) is 2.64. The molecular formula is C18H20N2O4. The molecule has 0 aliphatic carbocycles. The minimum Gasteiger partial charge on any atom is -0.497 e. The SMILES string of the molecule is COc1ccc(CC(=O)Nc2ccc(N(C)C)cc2C(=O)O)cc1. The molecule has 0 radical (unpaired) electrons. The summed E-state index contributed by atoms with van der Waals surface area (Å²) in [5.74, 6) is -0.648. The number of carboxylic acids is 1. The highest BCUT2D eigenvalue weighted by atomic mass is 16.5. The Hall–Kier alpha value is -3.02. The summed E-state index contributed by atoms with van der Waals surface area (Å²) in [6, 6.07) is 12.0. The van der Waals surface area contributed by atoms with Crippen LogP contribution >= 0.6 is 0 Å². The summed E-state index contributed by atoms with van der Waals surface area (Å²) >= 11 is 0. The van der Waals surface area contributed by atoms with Gasteiger partial charge in [0.05, 0.1) is 24.8 Å². The smallest absolute Gasteiger partial charge is 0.337 e. The second-order valence-electron chi connectivity index (χ2n) is 5.50. The maximum absolute atomic E-state index is 12.2. The van der Waals surface area contributed by atoms with E-state index in [9.17, 15) is 14.7 Å². The molecule has 2 rings (SSSR count). The third-order valence-corrected chi connectivity index (χ3v) is 3.55. The van der Waals surface area contributed by atoms with Crippen molar-refractivity contribution in [3.8, 4) is 5.75 Å². The van der Waals surface area contributed by atoms with Gasteiger partial charge in [0.2, 0.25) is 5.91 Å². The van der Waals surface area contributed by atoms with E-state index in [-0.39, 0.29) is 23.6 Å². The van der Waals surface area contributed by atoms with Crippen molar-refractivity contribution in [2.24, 2.45) is 0 Å². The maximum atomic E-state index is 12.2. The Bertz CT molecular complexity index is 739. The molecule has 1 amide bonds. The third kappa shape index (κ3) is 4.25. The summed E-state index contributed by atoms with van der Waals surface area (Å²) < 4.78 is 5.07. The van der Waals surface area contributed by atoms with Gasteiger partial charge in [-0.15, -0.1) is 0 Å². The molecule has 0 aliphatic rings. The average Bonchev–Trinajstić information content (AvgIpc) is 2.55. The summed E-state index contributed by atoms with van der Waals surface area (Å²) in [4.78, 5) is 25.4. The Kier molecular flexibility index (Phi) is 5.42. The lowest BCUT2D eigenvalue weighted by Crippen LogP contribution is -2.17. The number of hydrogen-bond donors (Lipinski definition) is 2. The number of carbonyl (C=O) groups is 2. The standard InChI is InChI=1S/C18H20N2O4/c1-20(2)13-6-9-16(15(11-13)18(22)23)19-17(21)10-12-4-7-14(24-3)8-5-12/h4-9,11H,10H2,1-3H3,(H,19,21)(H,22,23). The van der Waals surface area contributed by atoms with Crippen molar-refractivity contribution in [1.82, 2.24) is 0 Å². The number of rotatable bonds is 6. The van der Waals surface area contributed by atoms with E-state index < -0.39 is 5.97 Å². The van der Waals surface area contributed by atoms with Crippen molar-refractivity contribution >= 4 is 23.3 Å². The molecule has 0 atom stereocenters. The molecule has 0 bridgehead atoms. The molecule has 6 heteroatoms. The number of carbonyl (C=O) groups excluding carboxylic acids is 1. The molecule has 2 aromatic rings. The van der Waals surface area contributed by atoms with Crippen LogP contribution in [0.2, 0.25) is 0 Å². The third-order valence-electron chi connectivity index (χ3n) is 3.55. The first-order valence-corrected chi connectivity index (χ1v) is 7.38. The van der Waals surface area contributed by atoms with Gasteiger partial charge in [-0.1, -0.05) is 12.1 Å². The first-order valence-electron chi connectivity index (χ1n) is 7.38. The molecule has 0 aromatic heterocycles. The van der Waals surface area contributed by atoms with Gasteiger partial charge in [-0.3, -0.25) is 4.79 Å². The molecule has 0 saturated carbocycles. The van der Waals surface area contributed by atoms with Gasteiger partial charge >= 0.3 is 5.97 Å². The molecule has 0 heterocycles. The quantitative estimate of drug-likeness (QED) is 0.852. The lowest BCUT2D eigenvalue weighted by molar-refractivity contribution is -0.115. The average molecular weight is 328 g/mol. The molecule has 126 valence electrons. The summed E-state index contributed by atoms with van der Waals surface area (Å²) in [5.41, 5.74) is 1.91. The highest BCUT2D eigenvalue weighted by Gasteiger charge is 2.14. The van der Waals surface area contributed by atoms with E-state index in [1.54, 1.807) is 48.4 Å². The molecule has 0 unspecified atom stereocenters. The lowest BCUT2D eigenvalue weighted by Gasteiger charge is -2.15. The fourth-order valence-electron chi connectivity index (χ4n) is 2.22. The van der Waals surface area contributed by atoms with E-state index in [4.69, 9.17) is 4.74 Å². The number of nitrogens with zero attached hydrogens (tertiary/aromatic N) is 1. The van der Waals surface area contributed by atoms with E-state index in [1.807, 2.05) is 14.1 Å². The summed E-state index contributed by atoms with van der Waals surface area (Å²) in [5, 5.41) is 12.0. The van der Waals surface area contributed by atoms with Crippen LogP contribution in [0.4, 0.5) is 11.4 Å². The first kappa shape index (κ1) is 17.3. The highest BCUT2D eigenvalue weighted by Crippen LogP contribution is 2.22. The number of methoxy groups -OCH3 is 1. The number of carboxylic acid groups (broad SMARTS) is 1. The summed E-state index contributed by atoms with van der Waals surface area (Å²) in [6.45, 7) is 0. The largest absolute Gasteiger partial charge is 0.497 e. The molecule has 0 aliphatic heterocycles. The Morgan fingerprint density at radius 3 is 2.33 bits per heavy atom. The zero-order chi connectivity index (χ0) is 17.7. The van der Waals surface area contributed by atoms with Crippen molar-refractivity contribution in [1.29, 1.82) is 0 Å². The number of amides is 1. The number of hydrogen-bond acceptors (Lipinski definition) is 4.